The first-order chi connectivity index (χ1) is 18.5. The molecule has 0 saturated carbocycles. The Hall–Kier alpha value is -3.16. The minimum Gasteiger partial charge on any atom is -0.370 e. The molecule has 0 spiro atoms. The summed E-state index contributed by atoms with van der Waals surface area (Å²) in [5, 5.41) is 5.55. The third kappa shape index (κ3) is 7.49. The van der Waals surface area contributed by atoms with Gasteiger partial charge in [0.2, 0.25) is 0 Å². The summed E-state index contributed by atoms with van der Waals surface area (Å²) in [6.45, 7) is 3.65. The molecule has 2 atom stereocenters. The van der Waals surface area contributed by atoms with Crippen LogP contribution in [0.1, 0.15) is 69.3 Å². The molecule has 0 bridgehead atoms. The third-order valence-corrected chi connectivity index (χ3v) is 8.00. The molecule has 0 radical (unpaired) electrons. The van der Waals surface area contributed by atoms with Crippen molar-refractivity contribution in [2.45, 2.75) is 50.7 Å². The van der Waals surface area contributed by atoms with Crippen molar-refractivity contribution in [1.29, 1.82) is 0 Å². The van der Waals surface area contributed by atoms with E-state index < -0.39 is 22.7 Å². The van der Waals surface area contributed by atoms with Crippen molar-refractivity contribution in [3.8, 4) is 0 Å². The number of ketones is 1. The monoisotopic (exact) mass is 581 g/mol. The maximum Gasteiger partial charge on any atom is 0.418 e. The molecule has 1 aliphatic heterocycles. The van der Waals surface area contributed by atoms with Gasteiger partial charge in [0, 0.05) is 37.2 Å². The van der Waals surface area contributed by atoms with E-state index in [1.807, 2.05) is 0 Å². The largest absolute Gasteiger partial charge is 0.418 e. The molecule has 3 aromatic rings. The molecule has 0 aliphatic carbocycles. The summed E-state index contributed by atoms with van der Waals surface area (Å²) in [7, 11) is 2.13. The number of anilines is 2. The van der Waals surface area contributed by atoms with Gasteiger partial charge in [-0.3, -0.25) is 9.59 Å². The van der Waals surface area contributed by atoms with Gasteiger partial charge in [0.25, 0.3) is 5.91 Å². The summed E-state index contributed by atoms with van der Waals surface area (Å²) >= 11 is 6.62. The number of alkyl halides is 3. The number of amides is 1. The van der Waals surface area contributed by atoms with Gasteiger partial charge >= 0.3 is 6.18 Å². The number of carbonyl (C=O) groups is 2. The smallest absolute Gasteiger partial charge is 0.370 e. The van der Waals surface area contributed by atoms with Gasteiger partial charge < -0.3 is 15.5 Å². The molecule has 14 heteroatoms. The number of pyridine rings is 1. The normalized spacial score (nSPS) is 16.7. The molecule has 1 aliphatic rings. The van der Waals surface area contributed by atoms with E-state index in [1.54, 1.807) is 13.0 Å². The van der Waals surface area contributed by atoms with Crippen molar-refractivity contribution >= 4 is 46.3 Å². The van der Waals surface area contributed by atoms with Crippen LogP contribution < -0.4 is 10.6 Å². The van der Waals surface area contributed by atoms with Crippen LogP contribution in [0.4, 0.5) is 24.8 Å². The second kappa shape index (κ2) is 12.3. The Morgan fingerprint density at radius 1 is 1.18 bits per heavy atom. The minimum absolute atomic E-state index is 0.103. The second-order valence-corrected chi connectivity index (χ2v) is 10.8. The molecule has 208 valence electrons. The first-order valence-electron chi connectivity index (χ1n) is 12.3. The van der Waals surface area contributed by atoms with Crippen LogP contribution in [-0.4, -0.2) is 62.7 Å². The Morgan fingerprint density at radius 2 is 1.97 bits per heavy atom. The van der Waals surface area contributed by atoms with Crippen LogP contribution in [0.5, 0.6) is 0 Å². The number of nitrogens with one attached hydrogen (secondary N) is 2. The van der Waals surface area contributed by atoms with E-state index in [0.717, 1.165) is 37.0 Å². The lowest BCUT2D eigenvalue weighted by atomic mass is 10.0. The van der Waals surface area contributed by atoms with Crippen LogP contribution in [0.2, 0.25) is 5.02 Å². The predicted molar refractivity (Wildman–Crippen MR) is 142 cm³/mol. The number of aromatic nitrogens is 4. The molecular formula is C25H27ClF3N7O2S. The number of likely N-dealkylation sites (tertiary alicyclic amines) is 1. The lowest BCUT2D eigenvalue weighted by Crippen LogP contribution is -2.27. The molecule has 2 unspecified atom stereocenters. The van der Waals surface area contributed by atoms with Gasteiger partial charge in [0.15, 0.2) is 5.78 Å². The maximum absolute atomic E-state index is 13.1. The first-order valence-corrected chi connectivity index (χ1v) is 13.5. The summed E-state index contributed by atoms with van der Waals surface area (Å²) in [6.07, 6.45) is 2.28. The standard InChI is InChI=1S/C25H27ClF3N7O2S/c1-14(8-19(37)18-10-21(34-13-33-18)30-6-5-15-4-3-7-36(15)2)24-32-12-20(39-24)23(38)35-22-9-16(25(27,28)29)17(26)11-31-22/h9-15H,3-8H2,1-2H3,(H,30,33,34)(H,31,35,38). The number of thiazole rings is 1. The average molecular weight is 582 g/mol. The van der Waals surface area contributed by atoms with E-state index in [9.17, 15) is 22.8 Å². The summed E-state index contributed by atoms with van der Waals surface area (Å²) in [6, 6.07) is 2.84. The molecular weight excluding hydrogens is 555 g/mol. The summed E-state index contributed by atoms with van der Waals surface area (Å²) in [4.78, 5) is 44.3. The first kappa shape index (κ1) is 28.8. The van der Waals surface area contributed by atoms with Crippen LogP contribution in [0.15, 0.2) is 30.9 Å². The third-order valence-electron chi connectivity index (χ3n) is 6.47. The van der Waals surface area contributed by atoms with Gasteiger partial charge in [-0.05, 0) is 38.9 Å². The molecule has 39 heavy (non-hydrogen) atoms. The van der Waals surface area contributed by atoms with Crippen molar-refractivity contribution < 1.29 is 22.8 Å². The Balaban J connectivity index is 1.33. The fourth-order valence-electron chi connectivity index (χ4n) is 4.31. The lowest BCUT2D eigenvalue weighted by molar-refractivity contribution is -0.137. The SMILES string of the molecule is CC(CC(=O)c1cc(NCCC2CCCN2C)ncn1)c1ncc(C(=O)Nc2cc(C(F)(F)F)c(Cl)cn2)s1. The number of Topliss-reactive ketones (excluding diaryl/α,β-unsaturated/α-hetero) is 1. The molecule has 1 fully saturated rings. The number of nitrogens with zero attached hydrogens (tertiary/aromatic N) is 5. The summed E-state index contributed by atoms with van der Waals surface area (Å²) in [5.74, 6) is -0.901. The van der Waals surface area contributed by atoms with Gasteiger partial charge in [-0.1, -0.05) is 18.5 Å². The van der Waals surface area contributed by atoms with Crippen LogP contribution in [0.3, 0.4) is 0 Å². The van der Waals surface area contributed by atoms with E-state index in [-0.39, 0.29) is 34.5 Å². The summed E-state index contributed by atoms with van der Waals surface area (Å²) in [5.41, 5.74) is -0.822. The van der Waals surface area contributed by atoms with Gasteiger partial charge in [0.05, 0.1) is 21.8 Å². The number of rotatable bonds is 10. The molecule has 1 saturated heterocycles. The molecule has 1 amide bonds. The fourth-order valence-corrected chi connectivity index (χ4v) is 5.38. The van der Waals surface area contributed by atoms with Crippen molar-refractivity contribution in [3.05, 3.63) is 57.0 Å². The summed E-state index contributed by atoms with van der Waals surface area (Å²) < 4.78 is 39.2. The topological polar surface area (TPSA) is 113 Å². The van der Waals surface area contributed by atoms with Gasteiger partial charge in [-0.2, -0.15) is 13.2 Å². The number of halogens is 4. The highest BCUT2D eigenvalue weighted by Crippen LogP contribution is 2.35. The van der Waals surface area contributed by atoms with E-state index in [4.69, 9.17) is 11.6 Å². The van der Waals surface area contributed by atoms with Gasteiger partial charge in [0.1, 0.15) is 28.5 Å². The van der Waals surface area contributed by atoms with E-state index >= 15 is 0 Å². The van der Waals surface area contributed by atoms with Crippen LogP contribution in [-0.2, 0) is 6.18 Å². The van der Waals surface area contributed by atoms with E-state index in [1.165, 1.54) is 25.4 Å². The zero-order chi connectivity index (χ0) is 28.2. The Kier molecular flexibility index (Phi) is 9.13. The highest BCUT2D eigenvalue weighted by atomic mass is 35.5. The fraction of sp³-hybridized carbons (Fsp3) is 0.440. The molecule has 0 aromatic carbocycles. The van der Waals surface area contributed by atoms with Crippen molar-refractivity contribution in [1.82, 2.24) is 24.8 Å². The van der Waals surface area contributed by atoms with E-state index in [2.05, 4.69) is 42.5 Å². The van der Waals surface area contributed by atoms with E-state index in [0.29, 0.717) is 22.9 Å². The predicted octanol–water partition coefficient (Wildman–Crippen LogP) is 5.53. The molecule has 9 nitrogen and oxygen atoms in total. The van der Waals surface area contributed by atoms with Crippen molar-refractivity contribution in [2.24, 2.45) is 0 Å². The highest BCUT2D eigenvalue weighted by molar-refractivity contribution is 7.13. The van der Waals surface area contributed by atoms with Crippen molar-refractivity contribution in [2.75, 3.05) is 30.8 Å². The Morgan fingerprint density at radius 3 is 2.69 bits per heavy atom. The van der Waals surface area contributed by atoms with Crippen LogP contribution >= 0.6 is 22.9 Å². The molecule has 4 rings (SSSR count). The van der Waals surface area contributed by atoms with Crippen LogP contribution in [0.25, 0.3) is 0 Å². The molecule has 3 aromatic heterocycles. The second-order valence-electron chi connectivity index (χ2n) is 9.37. The van der Waals surface area contributed by atoms with Crippen LogP contribution in [0, 0.1) is 0 Å². The Bertz CT molecular complexity index is 1340. The zero-order valence-corrected chi connectivity index (χ0v) is 22.8. The highest BCUT2D eigenvalue weighted by Gasteiger charge is 2.34. The average Bonchev–Trinajstić information content (AvgIpc) is 3.54. The van der Waals surface area contributed by atoms with Crippen molar-refractivity contribution in [3.63, 3.8) is 0 Å². The minimum atomic E-state index is -4.69. The molecule has 4 heterocycles. The lowest BCUT2D eigenvalue weighted by Gasteiger charge is -2.19. The van der Waals surface area contributed by atoms with Gasteiger partial charge in [-0.15, -0.1) is 11.3 Å². The van der Waals surface area contributed by atoms with Gasteiger partial charge in [-0.25, -0.2) is 19.9 Å². The Labute approximate surface area is 232 Å². The zero-order valence-electron chi connectivity index (χ0n) is 21.3. The quantitative estimate of drug-likeness (QED) is 0.301. The maximum atomic E-state index is 13.1. The number of hydrogen-bond donors (Lipinski definition) is 2. The number of hydrogen-bond acceptors (Lipinski definition) is 9. The number of carbonyl (C=O) groups excluding carboxylic acids is 2. The molecule has 2 N–H and O–H groups in total.